The summed E-state index contributed by atoms with van der Waals surface area (Å²) in [6.45, 7) is 5.89. The first-order valence-corrected chi connectivity index (χ1v) is 10.7. The molecule has 0 atom stereocenters. The van der Waals surface area contributed by atoms with Crippen molar-refractivity contribution in [2.24, 2.45) is 5.92 Å². The van der Waals surface area contributed by atoms with E-state index in [1.54, 1.807) is 12.1 Å². The molecule has 0 saturated carbocycles. The summed E-state index contributed by atoms with van der Waals surface area (Å²) in [6, 6.07) is 15.1. The summed E-state index contributed by atoms with van der Waals surface area (Å²) in [5, 5.41) is 7.79. The molecule has 3 aromatic rings. The van der Waals surface area contributed by atoms with Crippen LogP contribution in [0.4, 0.5) is 5.69 Å². The number of aromatic nitrogens is 1. The highest BCUT2D eigenvalue weighted by atomic mass is 16.5. The van der Waals surface area contributed by atoms with Crippen LogP contribution in [0.3, 0.4) is 0 Å². The largest absolute Gasteiger partial charge is 0.381 e. The van der Waals surface area contributed by atoms with Crippen LogP contribution in [-0.4, -0.2) is 36.6 Å². The Bertz CT molecular complexity index is 1120. The summed E-state index contributed by atoms with van der Waals surface area (Å²) in [5.74, 6) is -0.140. The Balaban J connectivity index is 1.55. The molecule has 2 N–H and O–H groups in total. The van der Waals surface area contributed by atoms with E-state index in [1.807, 2.05) is 50.2 Å². The van der Waals surface area contributed by atoms with E-state index in [2.05, 4.69) is 15.6 Å². The lowest BCUT2D eigenvalue weighted by Gasteiger charge is -2.22. The quantitative estimate of drug-likeness (QED) is 0.650. The number of carbonyl (C=O) groups excluding carboxylic acids is 2. The molecular formula is C25H27N3O3. The minimum Gasteiger partial charge on any atom is -0.381 e. The lowest BCUT2D eigenvalue weighted by molar-refractivity contribution is 0.0642. The highest BCUT2D eigenvalue weighted by Crippen LogP contribution is 2.24. The van der Waals surface area contributed by atoms with Gasteiger partial charge in [-0.15, -0.1) is 0 Å². The van der Waals surface area contributed by atoms with Gasteiger partial charge in [0.05, 0.1) is 5.69 Å². The van der Waals surface area contributed by atoms with Crippen molar-refractivity contribution < 1.29 is 14.3 Å². The summed E-state index contributed by atoms with van der Waals surface area (Å²) in [7, 11) is 0. The number of carbonyl (C=O) groups is 2. The van der Waals surface area contributed by atoms with Crippen LogP contribution in [0, 0.1) is 19.8 Å². The van der Waals surface area contributed by atoms with Gasteiger partial charge in [-0.3, -0.25) is 9.59 Å². The molecule has 31 heavy (non-hydrogen) atoms. The first-order chi connectivity index (χ1) is 15.0. The summed E-state index contributed by atoms with van der Waals surface area (Å²) >= 11 is 0. The zero-order valence-electron chi connectivity index (χ0n) is 17.9. The summed E-state index contributed by atoms with van der Waals surface area (Å²) in [6.07, 6.45) is 1.87. The SMILES string of the molecule is Cc1ccc(NC(=O)c2ccc(C)c3ccccc23)c(C(=O)NCC2CCOCC2)n1. The standard InChI is InChI=1S/C25H27N3O3/c1-16-7-9-21(20-6-4-3-5-19(16)20)24(29)28-22-10-8-17(2)27-23(22)25(30)26-15-18-11-13-31-14-12-18/h3-10,18H,11-15H2,1-2H3,(H,26,30)(H,28,29). The van der Waals surface area contributed by atoms with Crippen LogP contribution in [0.1, 0.15) is 44.9 Å². The minimum absolute atomic E-state index is 0.233. The molecular weight excluding hydrogens is 390 g/mol. The third-order valence-corrected chi connectivity index (χ3v) is 5.78. The lowest BCUT2D eigenvalue weighted by atomic mass is 9.99. The summed E-state index contributed by atoms with van der Waals surface area (Å²) in [4.78, 5) is 30.4. The molecule has 1 fully saturated rings. The van der Waals surface area contributed by atoms with E-state index in [4.69, 9.17) is 4.74 Å². The number of pyridine rings is 1. The van der Waals surface area contributed by atoms with Crippen LogP contribution in [0.2, 0.25) is 0 Å². The van der Waals surface area contributed by atoms with Gasteiger partial charge in [0.15, 0.2) is 5.69 Å². The molecule has 4 rings (SSSR count). The Morgan fingerprint density at radius 2 is 1.71 bits per heavy atom. The number of fused-ring (bicyclic) bond motifs is 1. The topological polar surface area (TPSA) is 80.3 Å². The van der Waals surface area contributed by atoms with E-state index in [0.717, 1.165) is 48.1 Å². The van der Waals surface area contributed by atoms with E-state index in [-0.39, 0.29) is 17.5 Å². The van der Waals surface area contributed by atoms with Gasteiger partial charge in [-0.2, -0.15) is 0 Å². The van der Waals surface area contributed by atoms with Crippen LogP contribution in [0.25, 0.3) is 10.8 Å². The van der Waals surface area contributed by atoms with Crippen LogP contribution in [0.15, 0.2) is 48.5 Å². The fourth-order valence-corrected chi connectivity index (χ4v) is 3.94. The van der Waals surface area contributed by atoms with Crippen molar-refractivity contribution in [2.75, 3.05) is 25.1 Å². The number of aryl methyl sites for hydroxylation is 2. The maximum absolute atomic E-state index is 13.1. The number of amides is 2. The number of anilines is 1. The normalized spacial score (nSPS) is 14.4. The van der Waals surface area contributed by atoms with Crippen molar-refractivity contribution in [3.05, 3.63) is 71.0 Å². The molecule has 2 amide bonds. The van der Waals surface area contributed by atoms with Gasteiger partial charge in [0.25, 0.3) is 11.8 Å². The van der Waals surface area contributed by atoms with Gasteiger partial charge < -0.3 is 15.4 Å². The third kappa shape index (κ3) is 4.75. The molecule has 6 heteroatoms. The third-order valence-electron chi connectivity index (χ3n) is 5.78. The average Bonchev–Trinajstić information content (AvgIpc) is 2.79. The second-order valence-electron chi connectivity index (χ2n) is 8.04. The Kier molecular flexibility index (Phi) is 6.28. The van der Waals surface area contributed by atoms with Crippen LogP contribution in [-0.2, 0) is 4.74 Å². The van der Waals surface area contributed by atoms with Crippen molar-refractivity contribution in [3.63, 3.8) is 0 Å². The Hall–Kier alpha value is -3.25. The molecule has 0 unspecified atom stereocenters. The second-order valence-corrected chi connectivity index (χ2v) is 8.04. The van der Waals surface area contributed by atoms with Gasteiger partial charge in [0.2, 0.25) is 0 Å². The zero-order valence-corrected chi connectivity index (χ0v) is 17.9. The van der Waals surface area contributed by atoms with E-state index >= 15 is 0 Å². The fourth-order valence-electron chi connectivity index (χ4n) is 3.94. The highest BCUT2D eigenvalue weighted by molar-refractivity contribution is 6.15. The van der Waals surface area contributed by atoms with Crippen molar-refractivity contribution >= 4 is 28.3 Å². The fraction of sp³-hybridized carbons (Fsp3) is 0.320. The molecule has 0 bridgehead atoms. The molecule has 160 valence electrons. The first-order valence-electron chi connectivity index (χ1n) is 10.7. The van der Waals surface area contributed by atoms with Crippen LogP contribution >= 0.6 is 0 Å². The number of hydrogen-bond donors (Lipinski definition) is 2. The van der Waals surface area contributed by atoms with E-state index in [1.165, 1.54) is 0 Å². The minimum atomic E-state index is -0.278. The zero-order chi connectivity index (χ0) is 21.8. The molecule has 1 aromatic heterocycles. The van der Waals surface area contributed by atoms with Gasteiger partial charge in [0, 0.05) is 31.0 Å². The van der Waals surface area contributed by atoms with Crippen molar-refractivity contribution in [1.29, 1.82) is 0 Å². The number of rotatable bonds is 5. The summed E-state index contributed by atoms with van der Waals surface area (Å²) < 4.78 is 5.38. The van der Waals surface area contributed by atoms with E-state index in [0.29, 0.717) is 23.7 Å². The predicted molar refractivity (Wildman–Crippen MR) is 121 cm³/mol. The number of nitrogens with one attached hydrogen (secondary N) is 2. The van der Waals surface area contributed by atoms with Gasteiger partial charge in [-0.25, -0.2) is 4.98 Å². The van der Waals surface area contributed by atoms with Crippen LogP contribution < -0.4 is 10.6 Å². The molecule has 2 heterocycles. The second kappa shape index (κ2) is 9.27. The molecule has 1 saturated heterocycles. The highest BCUT2D eigenvalue weighted by Gasteiger charge is 2.20. The predicted octanol–water partition coefficient (Wildman–Crippen LogP) is 4.26. The van der Waals surface area contributed by atoms with Gasteiger partial charge in [-0.1, -0.05) is 30.3 Å². The van der Waals surface area contributed by atoms with Gasteiger partial charge in [-0.05, 0) is 67.1 Å². The summed E-state index contributed by atoms with van der Waals surface area (Å²) in [5.41, 5.74) is 3.03. The molecule has 0 radical (unpaired) electrons. The van der Waals surface area contributed by atoms with Crippen molar-refractivity contribution in [1.82, 2.24) is 10.3 Å². The van der Waals surface area contributed by atoms with Crippen molar-refractivity contribution in [3.8, 4) is 0 Å². The number of nitrogens with zero attached hydrogens (tertiary/aromatic N) is 1. The van der Waals surface area contributed by atoms with Crippen molar-refractivity contribution in [2.45, 2.75) is 26.7 Å². The molecule has 0 spiro atoms. The number of hydrogen-bond acceptors (Lipinski definition) is 4. The Morgan fingerprint density at radius 1 is 0.968 bits per heavy atom. The lowest BCUT2D eigenvalue weighted by Crippen LogP contribution is -2.33. The Labute approximate surface area is 182 Å². The van der Waals surface area contributed by atoms with E-state index < -0.39 is 0 Å². The first kappa shape index (κ1) is 21.0. The molecule has 0 aliphatic carbocycles. The molecule has 2 aromatic carbocycles. The van der Waals surface area contributed by atoms with Crippen LogP contribution in [0.5, 0.6) is 0 Å². The van der Waals surface area contributed by atoms with Gasteiger partial charge >= 0.3 is 0 Å². The average molecular weight is 418 g/mol. The number of ether oxygens (including phenoxy) is 1. The van der Waals surface area contributed by atoms with E-state index in [9.17, 15) is 9.59 Å². The Morgan fingerprint density at radius 3 is 2.48 bits per heavy atom. The maximum Gasteiger partial charge on any atom is 0.272 e. The maximum atomic E-state index is 13.1. The molecule has 6 nitrogen and oxygen atoms in total. The molecule has 1 aliphatic rings. The van der Waals surface area contributed by atoms with Gasteiger partial charge in [0.1, 0.15) is 0 Å². The smallest absolute Gasteiger partial charge is 0.272 e. The number of benzene rings is 2. The molecule has 1 aliphatic heterocycles. The monoisotopic (exact) mass is 417 g/mol.